The molecule has 2 aromatic heterocycles. The van der Waals surface area contributed by atoms with Crippen molar-refractivity contribution in [3.05, 3.63) is 64.1 Å². The van der Waals surface area contributed by atoms with Gasteiger partial charge in [0.15, 0.2) is 5.82 Å². The summed E-state index contributed by atoms with van der Waals surface area (Å²) in [6.07, 6.45) is -2.49. The number of hydrogen-bond donors (Lipinski definition) is 0. The first-order valence-corrected chi connectivity index (χ1v) is 11.9. The van der Waals surface area contributed by atoms with Crippen molar-refractivity contribution in [3.8, 4) is 5.69 Å². The van der Waals surface area contributed by atoms with Crippen LogP contribution in [0.1, 0.15) is 41.7 Å². The summed E-state index contributed by atoms with van der Waals surface area (Å²) in [5.41, 5.74) is 2.05. The monoisotopic (exact) mass is 506 g/mol. The fraction of sp³-hybridized carbons (Fsp3) is 0.458. The molecule has 2 aliphatic heterocycles. The predicted molar refractivity (Wildman–Crippen MR) is 122 cm³/mol. The summed E-state index contributed by atoms with van der Waals surface area (Å²) in [6, 6.07) is 8.47. The fourth-order valence-corrected chi connectivity index (χ4v) is 5.97. The third-order valence-electron chi connectivity index (χ3n) is 7.31. The molecule has 1 aliphatic carbocycles. The van der Waals surface area contributed by atoms with Crippen LogP contribution in [-0.2, 0) is 13.1 Å². The summed E-state index contributed by atoms with van der Waals surface area (Å²) in [6.45, 7) is 2.50. The lowest BCUT2D eigenvalue weighted by Gasteiger charge is -2.59. The van der Waals surface area contributed by atoms with Crippen LogP contribution < -0.4 is 4.90 Å². The zero-order chi connectivity index (χ0) is 24.5. The Morgan fingerprint density at radius 3 is 2.57 bits per heavy atom. The fourth-order valence-electron chi connectivity index (χ4n) is 5.78. The van der Waals surface area contributed by atoms with Gasteiger partial charge in [0.1, 0.15) is 17.5 Å². The van der Waals surface area contributed by atoms with Crippen molar-refractivity contribution < 1.29 is 17.6 Å². The number of benzene rings is 1. The molecular formula is C24H23ClF4N6. The molecular weight excluding hydrogens is 484 g/mol. The smallest absolute Gasteiger partial charge is 0.355 e. The maximum Gasteiger partial charge on any atom is 0.401 e. The molecule has 0 radical (unpaired) electrons. The first-order valence-electron chi connectivity index (χ1n) is 11.5. The predicted octanol–water partition coefficient (Wildman–Crippen LogP) is 5.03. The molecule has 0 unspecified atom stereocenters. The quantitative estimate of drug-likeness (QED) is 0.467. The standard InChI is InChI=1S/C24H23ClF4N6/c1-14-18(26)3-5-20(30-14)34-11-23(12-34)7-16(8-23)22-32-31-21-10-33(13-24(27,28)29)9-15-6-17(25)2-4-19(15)35(21)22/h2-6,16H,7-13H2,1H3. The Morgan fingerprint density at radius 2 is 1.86 bits per heavy atom. The van der Waals surface area contributed by atoms with Gasteiger partial charge >= 0.3 is 6.18 Å². The largest absolute Gasteiger partial charge is 0.401 e. The number of alkyl halides is 3. The Bertz CT molecular complexity index is 1290. The van der Waals surface area contributed by atoms with Crippen molar-refractivity contribution >= 4 is 17.4 Å². The summed E-state index contributed by atoms with van der Waals surface area (Å²) in [5, 5.41) is 9.23. The SMILES string of the molecule is Cc1nc(N2CC3(CC(c4nnc5n4-c4ccc(Cl)cc4CN(CC(F)(F)F)C5)C3)C2)ccc1F. The van der Waals surface area contributed by atoms with Gasteiger partial charge in [-0.2, -0.15) is 13.2 Å². The van der Waals surface area contributed by atoms with Gasteiger partial charge in [-0.05, 0) is 55.7 Å². The van der Waals surface area contributed by atoms with Gasteiger partial charge in [-0.15, -0.1) is 10.2 Å². The Morgan fingerprint density at radius 1 is 1.09 bits per heavy atom. The van der Waals surface area contributed by atoms with E-state index in [-0.39, 0.29) is 30.2 Å². The number of aryl methyl sites for hydroxylation is 1. The van der Waals surface area contributed by atoms with Gasteiger partial charge < -0.3 is 4.90 Å². The van der Waals surface area contributed by atoms with Crippen molar-refractivity contribution in [2.45, 2.75) is 44.9 Å². The number of nitrogens with zero attached hydrogens (tertiary/aromatic N) is 6. The highest BCUT2D eigenvalue weighted by Crippen LogP contribution is 2.56. The molecule has 0 N–H and O–H groups in total. The van der Waals surface area contributed by atoms with E-state index in [2.05, 4.69) is 20.1 Å². The van der Waals surface area contributed by atoms with E-state index in [1.165, 1.54) is 11.0 Å². The minimum Gasteiger partial charge on any atom is -0.355 e. The first kappa shape index (κ1) is 22.7. The van der Waals surface area contributed by atoms with E-state index in [0.717, 1.165) is 48.8 Å². The maximum absolute atomic E-state index is 13.6. The lowest BCUT2D eigenvalue weighted by molar-refractivity contribution is -0.148. The number of aromatic nitrogens is 4. The van der Waals surface area contributed by atoms with Crippen LogP contribution in [0.5, 0.6) is 0 Å². The zero-order valence-corrected chi connectivity index (χ0v) is 19.7. The van der Waals surface area contributed by atoms with Gasteiger partial charge in [0.05, 0.1) is 24.5 Å². The highest BCUT2D eigenvalue weighted by molar-refractivity contribution is 6.30. The molecule has 0 bridgehead atoms. The van der Waals surface area contributed by atoms with Gasteiger partial charge in [0.25, 0.3) is 0 Å². The van der Waals surface area contributed by atoms with E-state index >= 15 is 0 Å². The molecule has 1 saturated heterocycles. The zero-order valence-electron chi connectivity index (χ0n) is 19.0. The molecule has 6 rings (SSSR count). The maximum atomic E-state index is 13.6. The molecule has 3 aromatic rings. The van der Waals surface area contributed by atoms with E-state index < -0.39 is 12.7 Å². The topological polar surface area (TPSA) is 50.1 Å². The highest BCUT2D eigenvalue weighted by atomic mass is 35.5. The number of fused-ring (bicyclic) bond motifs is 3. The van der Waals surface area contributed by atoms with Gasteiger partial charge in [0, 0.05) is 36.0 Å². The molecule has 1 aromatic carbocycles. The number of pyridine rings is 1. The van der Waals surface area contributed by atoms with Crippen molar-refractivity contribution in [3.63, 3.8) is 0 Å². The van der Waals surface area contributed by atoms with Crippen molar-refractivity contribution in [1.82, 2.24) is 24.6 Å². The Labute approximate surface area is 204 Å². The molecule has 11 heteroatoms. The summed E-state index contributed by atoms with van der Waals surface area (Å²) >= 11 is 6.19. The van der Waals surface area contributed by atoms with Crippen LogP contribution in [0.4, 0.5) is 23.4 Å². The second kappa shape index (κ2) is 7.89. The number of halogens is 5. The highest BCUT2D eigenvalue weighted by Gasteiger charge is 2.54. The summed E-state index contributed by atoms with van der Waals surface area (Å²) in [7, 11) is 0. The molecule has 35 heavy (non-hydrogen) atoms. The second-order valence-electron chi connectivity index (χ2n) is 10.0. The molecule has 1 spiro atoms. The van der Waals surface area contributed by atoms with Gasteiger partial charge in [-0.3, -0.25) is 9.47 Å². The summed E-state index contributed by atoms with van der Waals surface area (Å²) < 4.78 is 55.1. The normalized spacial score (nSPS) is 19.7. The van der Waals surface area contributed by atoms with E-state index in [9.17, 15) is 17.6 Å². The number of anilines is 1. The molecule has 0 amide bonds. The molecule has 0 atom stereocenters. The summed E-state index contributed by atoms with van der Waals surface area (Å²) in [5.74, 6) is 1.93. The molecule has 6 nitrogen and oxygen atoms in total. The molecule has 4 heterocycles. The minimum absolute atomic E-state index is 0.0556. The van der Waals surface area contributed by atoms with E-state index in [1.54, 1.807) is 25.1 Å². The van der Waals surface area contributed by atoms with Crippen molar-refractivity contribution in [2.24, 2.45) is 5.41 Å². The van der Waals surface area contributed by atoms with Crippen LogP contribution in [0.2, 0.25) is 5.02 Å². The lowest BCUT2D eigenvalue weighted by Crippen LogP contribution is -2.62. The summed E-state index contributed by atoms with van der Waals surface area (Å²) in [4.78, 5) is 7.83. The molecule has 2 fully saturated rings. The van der Waals surface area contributed by atoms with Crippen LogP contribution in [0, 0.1) is 18.2 Å². The van der Waals surface area contributed by atoms with Crippen LogP contribution in [0.3, 0.4) is 0 Å². The Balaban J connectivity index is 1.23. The van der Waals surface area contributed by atoms with E-state index in [4.69, 9.17) is 11.6 Å². The molecule has 3 aliphatic rings. The van der Waals surface area contributed by atoms with Crippen LogP contribution in [0.25, 0.3) is 5.69 Å². The third kappa shape index (κ3) is 4.06. The van der Waals surface area contributed by atoms with Gasteiger partial charge in [-0.1, -0.05) is 11.6 Å². The lowest BCUT2D eigenvalue weighted by atomic mass is 9.57. The Hall–Kier alpha value is -2.72. The minimum atomic E-state index is -4.31. The molecule has 1 saturated carbocycles. The van der Waals surface area contributed by atoms with Crippen molar-refractivity contribution in [2.75, 3.05) is 24.5 Å². The van der Waals surface area contributed by atoms with Crippen LogP contribution >= 0.6 is 11.6 Å². The van der Waals surface area contributed by atoms with Crippen molar-refractivity contribution in [1.29, 1.82) is 0 Å². The van der Waals surface area contributed by atoms with Crippen LogP contribution in [-0.4, -0.2) is 50.5 Å². The van der Waals surface area contributed by atoms with Gasteiger partial charge in [-0.25, -0.2) is 9.37 Å². The van der Waals surface area contributed by atoms with Gasteiger partial charge in [0.2, 0.25) is 0 Å². The second-order valence-corrected chi connectivity index (χ2v) is 10.5. The average Bonchev–Trinajstić information content (AvgIpc) is 3.03. The van der Waals surface area contributed by atoms with E-state index in [1.807, 2.05) is 10.6 Å². The van der Waals surface area contributed by atoms with Crippen LogP contribution in [0.15, 0.2) is 30.3 Å². The third-order valence-corrected chi connectivity index (χ3v) is 7.54. The van der Waals surface area contributed by atoms with E-state index in [0.29, 0.717) is 16.5 Å². The Kier molecular flexibility index (Phi) is 5.12. The number of rotatable bonds is 3. The first-order chi connectivity index (χ1) is 16.6. The number of hydrogen-bond acceptors (Lipinski definition) is 5. The average molecular weight is 507 g/mol. The molecule has 184 valence electrons.